The molecular weight excluding hydrogens is 405 g/mol. The molecule has 0 bridgehead atoms. The lowest BCUT2D eigenvalue weighted by atomic mass is 9.75. The molecule has 3 rings (SSSR count). The quantitative estimate of drug-likeness (QED) is 0.704. The number of nitrogens with zero attached hydrogens (tertiary/aromatic N) is 2. The number of hydrogen-bond donors (Lipinski definition) is 2. The molecule has 7 heteroatoms. The lowest BCUT2D eigenvalue weighted by Crippen LogP contribution is -2.53. The SMILES string of the molecule is CN(C)CC1CN(CCc2ccc(F)cc2Cl)CCC1(O)c1cccc(C(N)=O)c1. The minimum absolute atomic E-state index is 0.0481. The summed E-state index contributed by atoms with van der Waals surface area (Å²) in [5.41, 5.74) is 6.44. The van der Waals surface area contributed by atoms with Crippen molar-refractivity contribution >= 4 is 17.5 Å². The molecule has 2 aromatic carbocycles. The Hall–Kier alpha value is -1.99. The Balaban J connectivity index is 1.76. The fourth-order valence-electron chi connectivity index (χ4n) is 4.26. The Morgan fingerprint density at radius 2 is 2.10 bits per heavy atom. The molecule has 1 heterocycles. The molecule has 1 saturated heterocycles. The monoisotopic (exact) mass is 433 g/mol. The number of primary amides is 1. The number of benzene rings is 2. The van der Waals surface area contributed by atoms with Gasteiger partial charge >= 0.3 is 0 Å². The summed E-state index contributed by atoms with van der Waals surface area (Å²) in [4.78, 5) is 16.0. The van der Waals surface area contributed by atoms with E-state index in [4.69, 9.17) is 17.3 Å². The fraction of sp³-hybridized carbons (Fsp3) is 0.435. The summed E-state index contributed by atoms with van der Waals surface area (Å²) in [6.45, 7) is 2.88. The molecule has 0 radical (unpaired) electrons. The maximum atomic E-state index is 13.3. The summed E-state index contributed by atoms with van der Waals surface area (Å²) in [5.74, 6) is -0.887. The summed E-state index contributed by atoms with van der Waals surface area (Å²) in [6, 6.07) is 11.5. The molecule has 30 heavy (non-hydrogen) atoms. The van der Waals surface area contributed by atoms with Crippen molar-refractivity contribution in [1.29, 1.82) is 0 Å². The van der Waals surface area contributed by atoms with Gasteiger partial charge in [-0.2, -0.15) is 0 Å². The molecule has 0 saturated carbocycles. The van der Waals surface area contributed by atoms with Crippen molar-refractivity contribution in [3.05, 3.63) is 70.0 Å². The van der Waals surface area contributed by atoms with Crippen LogP contribution in [0.2, 0.25) is 5.02 Å². The summed E-state index contributed by atoms with van der Waals surface area (Å²) in [7, 11) is 3.97. The zero-order chi connectivity index (χ0) is 21.9. The van der Waals surface area contributed by atoms with Crippen molar-refractivity contribution in [1.82, 2.24) is 9.80 Å². The average molecular weight is 434 g/mol. The molecule has 1 fully saturated rings. The molecule has 0 aromatic heterocycles. The molecule has 0 aliphatic carbocycles. The second-order valence-corrected chi connectivity index (χ2v) is 8.77. The average Bonchev–Trinajstić information content (AvgIpc) is 2.69. The Bertz CT molecular complexity index is 908. The Morgan fingerprint density at radius 1 is 1.33 bits per heavy atom. The van der Waals surface area contributed by atoms with E-state index in [0.29, 0.717) is 43.1 Å². The van der Waals surface area contributed by atoms with Crippen molar-refractivity contribution < 1.29 is 14.3 Å². The zero-order valence-electron chi connectivity index (χ0n) is 17.4. The second kappa shape index (κ2) is 9.43. The highest BCUT2D eigenvalue weighted by Crippen LogP contribution is 2.38. The number of hydrogen-bond acceptors (Lipinski definition) is 4. The van der Waals surface area contributed by atoms with Crippen molar-refractivity contribution in [2.75, 3.05) is 40.3 Å². The van der Waals surface area contributed by atoms with Gasteiger partial charge in [-0.1, -0.05) is 29.8 Å². The smallest absolute Gasteiger partial charge is 0.248 e. The van der Waals surface area contributed by atoms with E-state index in [2.05, 4.69) is 9.80 Å². The van der Waals surface area contributed by atoms with Crippen LogP contribution in [-0.4, -0.2) is 61.1 Å². The van der Waals surface area contributed by atoms with E-state index >= 15 is 0 Å². The van der Waals surface area contributed by atoms with Gasteiger partial charge in [0.25, 0.3) is 0 Å². The normalized spacial score (nSPS) is 22.4. The van der Waals surface area contributed by atoms with E-state index < -0.39 is 11.5 Å². The van der Waals surface area contributed by atoms with Crippen LogP contribution < -0.4 is 5.73 Å². The molecule has 2 atom stereocenters. The largest absolute Gasteiger partial charge is 0.385 e. The van der Waals surface area contributed by atoms with Crippen molar-refractivity contribution in [3.63, 3.8) is 0 Å². The highest BCUT2D eigenvalue weighted by molar-refractivity contribution is 6.31. The Morgan fingerprint density at radius 3 is 2.77 bits per heavy atom. The summed E-state index contributed by atoms with van der Waals surface area (Å²) >= 11 is 6.17. The number of carbonyl (C=O) groups excluding carboxylic acids is 1. The topological polar surface area (TPSA) is 69.8 Å². The predicted molar refractivity (Wildman–Crippen MR) is 117 cm³/mol. The van der Waals surface area contributed by atoms with Gasteiger partial charge in [-0.25, -0.2) is 4.39 Å². The van der Waals surface area contributed by atoms with Gasteiger partial charge in [-0.05, 0) is 62.3 Å². The molecule has 2 aromatic rings. The molecule has 3 N–H and O–H groups in total. The van der Waals surface area contributed by atoms with Crippen LogP contribution in [0.25, 0.3) is 0 Å². The van der Waals surface area contributed by atoms with Crippen molar-refractivity contribution in [3.8, 4) is 0 Å². The van der Waals surface area contributed by atoms with Gasteiger partial charge in [0.15, 0.2) is 0 Å². The third kappa shape index (κ3) is 5.19. The lowest BCUT2D eigenvalue weighted by molar-refractivity contribution is -0.0843. The van der Waals surface area contributed by atoms with Gasteiger partial charge in [0.05, 0.1) is 5.60 Å². The number of halogens is 2. The molecule has 1 amide bonds. The highest BCUT2D eigenvalue weighted by atomic mass is 35.5. The molecule has 162 valence electrons. The van der Waals surface area contributed by atoms with Gasteiger partial charge in [0.1, 0.15) is 5.82 Å². The van der Waals surface area contributed by atoms with Gasteiger partial charge in [0, 0.05) is 42.7 Å². The predicted octanol–water partition coefficient (Wildman–Crippen LogP) is 2.89. The standard InChI is InChI=1S/C23H29ClFN3O2/c1-27(2)14-19-15-28(10-8-16-6-7-20(25)13-21(16)24)11-9-23(19,30)18-5-3-4-17(12-18)22(26)29/h3-7,12-13,19,30H,8-11,14-15H2,1-2H3,(H2,26,29). The number of nitrogens with two attached hydrogens (primary N) is 1. The Kier molecular flexibility index (Phi) is 7.14. The van der Waals surface area contributed by atoms with Gasteiger partial charge in [-0.3, -0.25) is 4.79 Å². The third-order valence-electron chi connectivity index (χ3n) is 5.91. The minimum Gasteiger partial charge on any atom is -0.385 e. The van der Waals surface area contributed by atoms with E-state index in [9.17, 15) is 14.3 Å². The molecule has 1 aliphatic rings. The second-order valence-electron chi connectivity index (χ2n) is 8.36. The first-order valence-electron chi connectivity index (χ1n) is 10.1. The molecule has 5 nitrogen and oxygen atoms in total. The number of amides is 1. The van der Waals surface area contributed by atoms with Crippen LogP contribution in [0.1, 0.15) is 27.9 Å². The molecule has 2 unspecified atom stereocenters. The third-order valence-corrected chi connectivity index (χ3v) is 6.26. The van der Waals surface area contributed by atoms with Crippen LogP contribution in [0.3, 0.4) is 0 Å². The van der Waals surface area contributed by atoms with E-state index in [1.807, 2.05) is 20.2 Å². The maximum absolute atomic E-state index is 13.3. The van der Waals surface area contributed by atoms with Crippen LogP contribution in [-0.2, 0) is 12.0 Å². The van der Waals surface area contributed by atoms with E-state index in [-0.39, 0.29) is 11.7 Å². The van der Waals surface area contributed by atoms with E-state index in [1.54, 1.807) is 24.3 Å². The van der Waals surface area contributed by atoms with Crippen molar-refractivity contribution in [2.45, 2.75) is 18.4 Å². The van der Waals surface area contributed by atoms with E-state index in [0.717, 1.165) is 17.7 Å². The van der Waals surface area contributed by atoms with Crippen LogP contribution in [0.4, 0.5) is 4.39 Å². The maximum Gasteiger partial charge on any atom is 0.248 e. The van der Waals surface area contributed by atoms with Crippen LogP contribution in [0.5, 0.6) is 0 Å². The van der Waals surface area contributed by atoms with Gasteiger partial charge < -0.3 is 20.6 Å². The number of rotatable bonds is 7. The van der Waals surface area contributed by atoms with Crippen LogP contribution >= 0.6 is 11.6 Å². The molecule has 0 spiro atoms. The molecule has 1 aliphatic heterocycles. The van der Waals surface area contributed by atoms with Crippen LogP contribution in [0, 0.1) is 11.7 Å². The number of piperidine rings is 1. The Labute approximate surface area is 182 Å². The first-order valence-corrected chi connectivity index (χ1v) is 10.5. The van der Waals surface area contributed by atoms with Crippen molar-refractivity contribution in [2.24, 2.45) is 11.7 Å². The van der Waals surface area contributed by atoms with Gasteiger partial charge in [0.2, 0.25) is 5.91 Å². The fourth-order valence-corrected chi connectivity index (χ4v) is 4.53. The zero-order valence-corrected chi connectivity index (χ0v) is 18.2. The van der Waals surface area contributed by atoms with E-state index in [1.165, 1.54) is 12.1 Å². The summed E-state index contributed by atoms with van der Waals surface area (Å²) in [6.07, 6.45) is 1.26. The van der Waals surface area contributed by atoms with Crippen LogP contribution in [0.15, 0.2) is 42.5 Å². The summed E-state index contributed by atoms with van der Waals surface area (Å²) < 4.78 is 13.3. The summed E-state index contributed by atoms with van der Waals surface area (Å²) in [5, 5.41) is 12.1. The molecular formula is C23H29ClFN3O2. The number of carbonyl (C=O) groups is 1. The van der Waals surface area contributed by atoms with Gasteiger partial charge in [-0.15, -0.1) is 0 Å². The minimum atomic E-state index is -1.04. The lowest BCUT2D eigenvalue weighted by Gasteiger charge is -2.46. The number of likely N-dealkylation sites (tertiary alicyclic amines) is 1. The highest BCUT2D eigenvalue weighted by Gasteiger charge is 2.43. The first-order chi connectivity index (χ1) is 14.2. The first kappa shape index (κ1) is 22.7. The number of aliphatic hydroxyl groups is 1.